The van der Waals surface area contributed by atoms with E-state index in [-0.39, 0.29) is 22.3 Å². The van der Waals surface area contributed by atoms with E-state index < -0.39 is 0 Å². The lowest BCUT2D eigenvalue weighted by Crippen LogP contribution is -2.25. The molecule has 0 N–H and O–H groups in total. The summed E-state index contributed by atoms with van der Waals surface area (Å²) in [5.74, 6) is -0.0799. The molecule has 15 heavy (non-hydrogen) atoms. The van der Waals surface area contributed by atoms with Crippen molar-refractivity contribution in [2.75, 3.05) is 0 Å². The molecule has 0 amide bonds. The fourth-order valence-electron chi connectivity index (χ4n) is 1.39. The van der Waals surface area contributed by atoms with Gasteiger partial charge in [-0.2, -0.15) is 0 Å². The van der Waals surface area contributed by atoms with E-state index in [0.29, 0.717) is 6.42 Å². The highest BCUT2D eigenvalue weighted by atomic mass is 16.1. The molecule has 0 saturated heterocycles. The normalized spacial score (nSPS) is 11.5. The summed E-state index contributed by atoms with van der Waals surface area (Å²) in [4.78, 5) is 23.5. The molecule has 1 aromatic heterocycles. The summed E-state index contributed by atoms with van der Waals surface area (Å²) in [5.41, 5.74) is -0.0144. The number of Topliss-reactive ketones (excluding diaryl/α,β-unsaturated/α-hetero) is 1. The standard InChI is InChI=1S/C12H17NO2/c1-12(2,3)8-10(14)9-6-5-7-13(4)11(9)15/h5-7H,8H2,1-4H3. The van der Waals surface area contributed by atoms with Crippen LogP contribution in [0.4, 0.5) is 0 Å². The first-order chi connectivity index (χ1) is 6.81. The molecular formula is C12H17NO2. The second kappa shape index (κ2) is 4.01. The Morgan fingerprint density at radius 1 is 1.40 bits per heavy atom. The van der Waals surface area contributed by atoms with Gasteiger partial charge < -0.3 is 4.57 Å². The van der Waals surface area contributed by atoms with E-state index in [0.717, 1.165) is 0 Å². The van der Waals surface area contributed by atoms with Crippen molar-refractivity contribution in [3.63, 3.8) is 0 Å². The second-order valence-electron chi connectivity index (χ2n) is 5.00. The zero-order chi connectivity index (χ0) is 11.6. The number of carbonyl (C=O) groups excluding carboxylic acids is 1. The smallest absolute Gasteiger partial charge is 0.261 e. The Labute approximate surface area is 89.7 Å². The molecule has 1 aromatic rings. The lowest BCUT2D eigenvalue weighted by Gasteiger charge is -2.16. The van der Waals surface area contributed by atoms with Gasteiger partial charge >= 0.3 is 0 Å². The SMILES string of the molecule is Cn1cccc(C(=O)CC(C)(C)C)c1=O. The molecule has 0 radical (unpaired) electrons. The van der Waals surface area contributed by atoms with Gasteiger partial charge in [-0.1, -0.05) is 20.8 Å². The average Bonchev–Trinajstić information content (AvgIpc) is 2.06. The fourth-order valence-corrected chi connectivity index (χ4v) is 1.39. The first kappa shape index (κ1) is 11.7. The number of carbonyl (C=O) groups is 1. The first-order valence-corrected chi connectivity index (χ1v) is 5.00. The predicted octanol–water partition coefficient (Wildman–Crippen LogP) is 2.00. The summed E-state index contributed by atoms with van der Waals surface area (Å²) in [5, 5.41) is 0. The van der Waals surface area contributed by atoms with Gasteiger partial charge in [0.1, 0.15) is 0 Å². The maximum atomic E-state index is 11.8. The minimum absolute atomic E-state index is 0.0799. The van der Waals surface area contributed by atoms with Gasteiger partial charge in [-0.3, -0.25) is 9.59 Å². The number of hydrogen-bond acceptors (Lipinski definition) is 2. The number of ketones is 1. The maximum Gasteiger partial charge on any atom is 0.261 e. The summed E-state index contributed by atoms with van der Waals surface area (Å²) in [6.07, 6.45) is 2.04. The van der Waals surface area contributed by atoms with E-state index in [9.17, 15) is 9.59 Å². The van der Waals surface area contributed by atoms with Crippen LogP contribution in [0.2, 0.25) is 0 Å². The van der Waals surface area contributed by atoms with Crippen LogP contribution in [-0.2, 0) is 7.05 Å². The highest BCUT2D eigenvalue weighted by molar-refractivity contribution is 5.96. The van der Waals surface area contributed by atoms with Crippen LogP contribution in [0, 0.1) is 5.41 Å². The molecule has 0 aliphatic rings. The van der Waals surface area contributed by atoms with Crippen LogP contribution in [-0.4, -0.2) is 10.4 Å². The van der Waals surface area contributed by atoms with Crippen molar-refractivity contribution in [2.24, 2.45) is 12.5 Å². The van der Waals surface area contributed by atoms with Crippen molar-refractivity contribution in [2.45, 2.75) is 27.2 Å². The predicted molar refractivity (Wildman–Crippen MR) is 60.1 cm³/mol. The van der Waals surface area contributed by atoms with Crippen molar-refractivity contribution in [3.05, 3.63) is 34.2 Å². The molecule has 82 valence electrons. The Hall–Kier alpha value is -1.38. The molecule has 0 aliphatic carbocycles. The van der Waals surface area contributed by atoms with Crippen LogP contribution < -0.4 is 5.56 Å². The lowest BCUT2D eigenvalue weighted by molar-refractivity contribution is 0.0938. The van der Waals surface area contributed by atoms with Gasteiger partial charge in [0.15, 0.2) is 5.78 Å². The zero-order valence-corrected chi connectivity index (χ0v) is 9.70. The van der Waals surface area contributed by atoms with Gasteiger partial charge in [0, 0.05) is 19.7 Å². The Bertz CT molecular complexity index is 424. The third-order valence-electron chi connectivity index (χ3n) is 2.11. The van der Waals surface area contributed by atoms with Crippen LogP contribution in [0.3, 0.4) is 0 Å². The van der Waals surface area contributed by atoms with Crippen LogP contribution >= 0.6 is 0 Å². The fraction of sp³-hybridized carbons (Fsp3) is 0.500. The summed E-state index contributed by atoms with van der Waals surface area (Å²) in [6.45, 7) is 5.95. The van der Waals surface area contributed by atoms with E-state index in [1.807, 2.05) is 20.8 Å². The highest BCUT2D eigenvalue weighted by Crippen LogP contribution is 2.20. The third-order valence-corrected chi connectivity index (χ3v) is 2.11. The molecule has 0 unspecified atom stereocenters. The van der Waals surface area contributed by atoms with Gasteiger partial charge in [0.2, 0.25) is 0 Å². The van der Waals surface area contributed by atoms with Crippen LogP contribution in [0.25, 0.3) is 0 Å². The maximum absolute atomic E-state index is 11.8. The van der Waals surface area contributed by atoms with Crippen molar-refractivity contribution in [1.82, 2.24) is 4.57 Å². The van der Waals surface area contributed by atoms with Gasteiger partial charge in [0.25, 0.3) is 5.56 Å². The van der Waals surface area contributed by atoms with Gasteiger partial charge in [-0.15, -0.1) is 0 Å². The number of pyridine rings is 1. The quantitative estimate of drug-likeness (QED) is 0.696. The molecule has 3 nitrogen and oxygen atoms in total. The highest BCUT2D eigenvalue weighted by Gasteiger charge is 2.19. The third kappa shape index (κ3) is 3.05. The first-order valence-electron chi connectivity index (χ1n) is 5.00. The van der Waals surface area contributed by atoms with Gasteiger partial charge in [-0.25, -0.2) is 0 Å². The van der Waals surface area contributed by atoms with E-state index in [1.165, 1.54) is 4.57 Å². The number of hydrogen-bond donors (Lipinski definition) is 0. The molecule has 0 atom stereocenters. The van der Waals surface area contributed by atoms with Crippen molar-refractivity contribution < 1.29 is 4.79 Å². The molecule has 0 aromatic carbocycles. The van der Waals surface area contributed by atoms with Crippen LogP contribution in [0.1, 0.15) is 37.6 Å². The topological polar surface area (TPSA) is 39.1 Å². The summed E-state index contributed by atoms with van der Waals surface area (Å²) < 4.78 is 1.43. The van der Waals surface area contributed by atoms with E-state index in [1.54, 1.807) is 25.4 Å². The van der Waals surface area contributed by atoms with E-state index in [2.05, 4.69) is 0 Å². The molecule has 3 heteroatoms. The van der Waals surface area contributed by atoms with Gasteiger partial charge in [0.05, 0.1) is 5.56 Å². The minimum Gasteiger partial charge on any atom is -0.318 e. The largest absolute Gasteiger partial charge is 0.318 e. The number of rotatable bonds is 2. The molecule has 1 heterocycles. The van der Waals surface area contributed by atoms with Crippen LogP contribution in [0.15, 0.2) is 23.1 Å². The second-order valence-corrected chi connectivity index (χ2v) is 5.00. The monoisotopic (exact) mass is 207 g/mol. The number of aromatic nitrogens is 1. The molecule has 0 saturated carbocycles. The Morgan fingerprint density at radius 2 is 2.00 bits per heavy atom. The Kier molecular flexibility index (Phi) is 3.12. The Morgan fingerprint density at radius 3 is 2.53 bits per heavy atom. The summed E-state index contributed by atoms with van der Waals surface area (Å²) in [6, 6.07) is 3.31. The molecule has 0 fully saturated rings. The molecule has 0 aliphatic heterocycles. The zero-order valence-electron chi connectivity index (χ0n) is 9.70. The van der Waals surface area contributed by atoms with Crippen molar-refractivity contribution >= 4 is 5.78 Å². The number of aryl methyl sites for hydroxylation is 1. The Balaban J connectivity index is 3.03. The molecular weight excluding hydrogens is 190 g/mol. The lowest BCUT2D eigenvalue weighted by atomic mass is 9.88. The molecule has 0 spiro atoms. The molecule has 1 rings (SSSR count). The van der Waals surface area contributed by atoms with Crippen molar-refractivity contribution in [1.29, 1.82) is 0 Å². The minimum atomic E-state index is -0.216. The number of nitrogens with zero attached hydrogens (tertiary/aromatic N) is 1. The van der Waals surface area contributed by atoms with Crippen molar-refractivity contribution in [3.8, 4) is 0 Å². The average molecular weight is 207 g/mol. The van der Waals surface area contributed by atoms with Gasteiger partial charge in [-0.05, 0) is 17.5 Å². The van der Waals surface area contributed by atoms with Crippen LogP contribution in [0.5, 0.6) is 0 Å². The van der Waals surface area contributed by atoms with E-state index >= 15 is 0 Å². The molecule has 0 bridgehead atoms. The summed E-state index contributed by atoms with van der Waals surface area (Å²) >= 11 is 0. The van der Waals surface area contributed by atoms with E-state index in [4.69, 9.17) is 0 Å². The summed E-state index contributed by atoms with van der Waals surface area (Å²) in [7, 11) is 1.65.